The van der Waals surface area contributed by atoms with E-state index in [1.54, 1.807) is 0 Å². The first-order chi connectivity index (χ1) is 8.79. The van der Waals surface area contributed by atoms with E-state index in [-0.39, 0.29) is 11.8 Å². The van der Waals surface area contributed by atoms with Gasteiger partial charge in [0, 0.05) is 18.2 Å². The SMILES string of the molecule is CCNCc1ccc(NC(=O)C2CCCC2)cc1. The van der Waals surface area contributed by atoms with Crippen LogP contribution in [0.4, 0.5) is 5.69 Å². The molecule has 1 amide bonds. The summed E-state index contributed by atoms with van der Waals surface area (Å²) >= 11 is 0. The molecule has 0 unspecified atom stereocenters. The number of carbonyl (C=O) groups excluding carboxylic acids is 1. The third kappa shape index (κ3) is 3.57. The van der Waals surface area contributed by atoms with Crippen molar-refractivity contribution in [1.29, 1.82) is 0 Å². The monoisotopic (exact) mass is 246 g/mol. The lowest BCUT2D eigenvalue weighted by molar-refractivity contribution is -0.119. The lowest BCUT2D eigenvalue weighted by Gasteiger charge is -2.11. The van der Waals surface area contributed by atoms with Crippen LogP contribution in [0.1, 0.15) is 38.2 Å². The molecule has 3 nitrogen and oxygen atoms in total. The fourth-order valence-corrected chi connectivity index (χ4v) is 2.41. The minimum atomic E-state index is 0.187. The Bertz CT molecular complexity index is 380. The Morgan fingerprint density at radius 1 is 1.22 bits per heavy atom. The van der Waals surface area contributed by atoms with Crippen molar-refractivity contribution in [2.45, 2.75) is 39.2 Å². The van der Waals surface area contributed by atoms with Gasteiger partial charge < -0.3 is 10.6 Å². The van der Waals surface area contributed by atoms with Gasteiger partial charge in [0.2, 0.25) is 5.91 Å². The van der Waals surface area contributed by atoms with Gasteiger partial charge in [0.1, 0.15) is 0 Å². The highest BCUT2D eigenvalue weighted by Gasteiger charge is 2.22. The first-order valence-corrected chi connectivity index (χ1v) is 6.90. The Morgan fingerprint density at radius 2 is 1.89 bits per heavy atom. The third-order valence-electron chi connectivity index (χ3n) is 3.53. The van der Waals surface area contributed by atoms with Gasteiger partial charge in [-0.15, -0.1) is 0 Å². The lowest BCUT2D eigenvalue weighted by Crippen LogP contribution is -2.20. The van der Waals surface area contributed by atoms with Gasteiger partial charge in [-0.05, 0) is 37.1 Å². The molecule has 0 aliphatic heterocycles. The van der Waals surface area contributed by atoms with Crippen LogP contribution in [0.15, 0.2) is 24.3 Å². The summed E-state index contributed by atoms with van der Waals surface area (Å²) in [6.07, 6.45) is 4.48. The van der Waals surface area contributed by atoms with E-state index in [2.05, 4.69) is 29.7 Å². The highest BCUT2D eigenvalue weighted by Crippen LogP contribution is 2.26. The van der Waals surface area contributed by atoms with Crippen LogP contribution in [0.2, 0.25) is 0 Å². The van der Waals surface area contributed by atoms with Gasteiger partial charge in [-0.2, -0.15) is 0 Å². The molecule has 0 saturated heterocycles. The summed E-state index contributed by atoms with van der Waals surface area (Å²) in [6.45, 7) is 3.95. The summed E-state index contributed by atoms with van der Waals surface area (Å²) in [5.74, 6) is 0.415. The topological polar surface area (TPSA) is 41.1 Å². The van der Waals surface area contributed by atoms with Crippen LogP contribution in [-0.2, 0) is 11.3 Å². The molecule has 0 radical (unpaired) electrons. The molecular formula is C15H22N2O. The van der Waals surface area contributed by atoms with Crippen molar-refractivity contribution < 1.29 is 4.79 Å². The van der Waals surface area contributed by atoms with Crippen LogP contribution in [-0.4, -0.2) is 12.5 Å². The minimum absolute atomic E-state index is 0.187. The highest BCUT2D eigenvalue weighted by molar-refractivity contribution is 5.92. The summed E-state index contributed by atoms with van der Waals surface area (Å²) < 4.78 is 0. The number of benzene rings is 1. The second-order valence-electron chi connectivity index (χ2n) is 4.95. The van der Waals surface area contributed by atoms with Crippen LogP contribution in [0.3, 0.4) is 0 Å². The van der Waals surface area contributed by atoms with Gasteiger partial charge >= 0.3 is 0 Å². The fourth-order valence-electron chi connectivity index (χ4n) is 2.41. The molecule has 0 aromatic heterocycles. The molecule has 1 aromatic carbocycles. The van der Waals surface area contributed by atoms with Gasteiger partial charge in [0.15, 0.2) is 0 Å². The molecule has 0 heterocycles. The second-order valence-corrected chi connectivity index (χ2v) is 4.95. The largest absolute Gasteiger partial charge is 0.326 e. The van der Waals surface area contributed by atoms with Crippen molar-refractivity contribution in [3.05, 3.63) is 29.8 Å². The summed E-state index contributed by atoms with van der Waals surface area (Å²) in [4.78, 5) is 11.9. The number of amides is 1. The first-order valence-electron chi connectivity index (χ1n) is 6.90. The number of carbonyl (C=O) groups is 1. The smallest absolute Gasteiger partial charge is 0.227 e. The van der Waals surface area contributed by atoms with Crippen molar-refractivity contribution in [2.24, 2.45) is 5.92 Å². The maximum absolute atomic E-state index is 11.9. The second kappa shape index (κ2) is 6.55. The number of hydrogen-bond acceptors (Lipinski definition) is 2. The van der Waals surface area contributed by atoms with E-state index >= 15 is 0 Å². The zero-order valence-corrected chi connectivity index (χ0v) is 11.0. The molecule has 0 bridgehead atoms. The Morgan fingerprint density at radius 3 is 2.50 bits per heavy atom. The van der Waals surface area contributed by atoms with E-state index in [9.17, 15) is 4.79 Å². The van der Waals surface area contributed by atoms with Crippen molar-refractivity contribution in [3.63, 3.8) is 0 Å². The first kappa shape index (κ1) is 13.1. The van der Waals surface area contributed by atoms with E-state index in [0.717, 1.165) is 31.6 Å². The Hall–Kier alpha value is -1.35. The molecular weight excluding hydrogens is 224 g/mol. The maximum atomic E-state index is 11.9. The van der Waals surface area contributed by atoms with Crippen LogP contribution in [0.5, 0.6) is 0 Å². The number of anilines is 1. The molecule has 3 heteroatoms. The molecule has 1 saturated carbocycles. The molecule has 98 valence electrons. The van der Waals surface area contributed by atoms with Crippen LogP contribution >= 0.6 is 0 Å². The lowest BCUT2D eigenvalue weighted by atomic mass is 10.1. The average Bonchev–Trinajstić information content (AvgIpc) is 2.92. The molecule has 1 aromatic rings. The molecule has 0 atom stereocenters. The maximum Gasteiger partial charge on any atom is 0.227 e. The van der Waals surface area contributed by atoms with Crippen LogP contribution < -0.4 is 10.6 Å². The van der Waals surface area contributed by atoms with Gasteiger partial charge in [-0.1, -0.05) is 31.9 Å². The molecule has 2 rings (SSSR count). The Labute approximate surface area is 109 Å². The summed E-state index contributed by atoms with van der Waals surface area (Å²) in [6, 6.07) is 8.10. The number of nitrogens with one attached hydrogen (secondary N) is 2. The van der Waals surface area contributed by atoms with Crippen LogP contribution in [0, 0.1) is 5.92 Å². The predicted octanol–water partition coefficient (Wildman–Crippen LogP) is 2.92. The summed E-state index contributed by atoms with van der Waals surface area (Å²) in [7, 11) is 0. The number of hydrogen-bond donors (Lipinski definition) is 2. The zero-order chi connectivity index (χ0) is 12.8. The Balaban J connectivity index is 1.87. The molecule has 1 fully saturated rings. The molecule has 1 aliphatic carbocycles. The van der Waals surface area contributed by atoms with E-state index in [1.165, 1.54) is 18.4 Å². The van der Waals surface area contributed by atoms with Gasteiger partial charge in [-0.3, -0.25) is 4.79 Å². The standard InChI is InChI=1S/C15H22N2O/c1-2-16-11-12-7-9-14(10-8-12)17-15(18)13-5-3-4-6-13/h7-10,13,16H,2-6,11H2,1H3,(H,17,18). The van der Waals surface area contributed by atoms with Gasteiger partial charge in [0.05, 0.1) is 0 Å². The molecule has 1 aliphatic rings. The van der Waals surface area contributed by atoms with E-state index < -0.39 is 0 Å². The van der Waals surface area contributed by atoms with E-state index in [0.29, 0.717) is 0 Å². The normalized spacial score (nSPS) is 15.8. The Kier molecular flexibility index (Phi) is 4.76. The summed E-state index contributed by atoms with van der Waals surface area (Å²) in [5.41, 5.74) is 2.16. The predicted molar refractivity (Wildman–Crippen MR) is 74.4 cm³/mol. The van der Waals surface area contributed by atoms with Crippen LogP contribution in [0.25, 0.3) is 0 Å². The van der Waals surface area contributed by atoms with E-state index in [1.807, 2.05) is 12.1 Å². The summed E-state index contributed by atoms with van der Waals surface area (Å²) in [5, 5.41) is 6.29. The van der Waals surface area contributed by atoms with E-state index in [4.69, 9.17) is 0 Å². The molecule has 18 heavy (non-hydrogen) atoms. The minimum Gasteiger partial charge on any atom is -0.326 e. The molecule has 2 N–H and O–H groups in total. The average molecular weight is 246 g/mol. The highest BCUT2D eigenvalue weighted by atomic mass is 16.1. The zero-order valence-electron chi connectivity index (χ0n) is 11.0. The van der Waals surface area contributed by atoms with Crippen molar-refractivity contribution >= 4 is 11.6 Å². The third-order valence-corrected chi connectivity index (χ3v) is 3.53. The van der Waals surface area contributed by atoms with Crippen molar-refractivity contribution in [2.75, 3.05) is 11.9 Å². The number of rotatable bonds is 5. The van der Waals surface area contributed by atoms with Gasteiger partial charge in [0.25, 0.3) is 0 Å². The molecule has 0 spiro atoms. The van der Waals surface area contributed by atoms with Crippen molar-refractivity contribution in [1.82, 2.24) is 5.32 Å². The fraction of sp³-hybridized carbons (Fsp3) is 0.533. The van der Waals surface area contributed by atoms with Crippen molar-refractivity contribution in [3.8, 4) is 0 Å². The quantitative estimate of drug-likeness (QED) is 0.838. The van der Waals surface area contributed by atoms with Gasteiger partial charge in [-0.25, -0.2) is 0 Å².